The van der Waals surface area contributed by atoms with E-state index in [-0.39, 0.29) is 12.2 Å². The fourth-order valence-electron chi connectivity index (χ4n) is 2.14. The van der Waals surface area contributed by atoms with Crippen LogP contribution in [0.25, 0.3) is 0 Å². The molecule has 0 aliphatic carbocycles. The maximum atomic E-state index is 12.4. The van der Waals surface area contributed by atoms with Crippen molar-refractivity contribution in [3.63, 3.8) is 0 Å². The average Bonchev–Trinajstić information content (AvgIpc) is 3.06. The first-order valence-corrected chi connectivity index (χ1v) is 7.52. The van der Waals surface area contributed by atoms with Crippen LogP contribution in [0.2, 0.25) is 0 Å². The largest absolute Gasteiger partial charge is 0.471 e. The molecule has 26 heavy (non-hydrogen) atoms. The smallest absolute Gasteiger partial charge is 0.329 e. The maximum absolute atomic E-state index is 12.4. The van der Waals surface area contributed by atoms with Crippen molar-refractivity contribution in [1.82, 2.24) is 10.1 Å². The summed E-state index contributed by atoms with van der Waals surface area (Å²) in [6, 6.07) is 15.1. The fourth-order valence-corrected chi connectivity index (χ4v) is 2.14. The topological polar surface area (TPSA) is 80.0 Å². The maximum Gasteiger partial charge on any atom is 0.471 e. The quantitative estimate of drug-likeness (QED) is 0.724. The van der Waals surface area contributed by atoms with Gasteiger partial charge in [-0.15, -0.1) is 0 Å². The van der Waals surface area contributed by atoms with E-state index in [1.165, 1.54) is 0 Å². The number of benzene rings is 2. The Morgan fingerprint density at radius 3 is 2.15 bits per heavy atom. The van der Waals surface area contributed by atoms with Crippen LogP contribution >= 0.6 is 0 Å². The zero-order valence-corrected chi connectivity index (χ0v) is 13.2. The van der Waals surface area contributed by atoms with Crippen LogP contribution in [0.1, 0.15) is 17.3 Å². The number of nitrogens with one attached hydrogen (secondary N) is 2. The van der Waals surface area contributed by atoms with Crippen molar-refractivity contribution in [3.8, 4) is 0 Å². The summed E-state index contributed by atoms with van der Waals surface area (Å²) in [5, 5.41) is 8.64. The number of hydrogen-bond acceptors (Lipinski definition) is 4. The van der Waals surface area contributed by atoms with Gasteiger partial charge in [0.05, 0.1) is 0 Å². The van der Waals surface area contributed by atoms with E-state index >= 15 is 0 Å². The molecule has 3 rings (SSSR count). The van der Waals surface area contributed by atoms with Gasteiger partial charge in [0.25, 0.3) is 0 Å². The number of aromatic nitrogens is 2. The molecule has 2 N–H and O–H groups in total. The van der Waals surface area contributed by atoms with Crippen LogP contribution in [0.5, 0.6) is 0 Å². The number of anilines is 2. The van der Waals surface area contributed by atoms with E-state index in [1.807, 2.05) is 6.07 Å². The number of nitrogens with zero attached hydrogens (tertiary/aromatic N) is 2. The van der Waals surface area contributed by atoms with Crippen molar-refractivity contribution in [2.45, 2.75) is 12.6 Å². The predicted octanol–water partition coefficient (Wildman–Crippen LogP) is 4.32. The van der Waals surface area contributed by atoms with Crippen molar-refractivity contribution >= 4 is 17.4 Å². The molecule has 0 unspecified atom stereocenters. The molecule has 0 bridgehead atoms. The fraction of sp³-hybridized carbons (Fsp3) is 0.118. The molecule has 134 valence electrons. The Balaban J connectivity index is 1.58. The number of halogens is 3. The van der Waals surface area contributed by atoms with Gasteiger partial charge in [-0.1, -0.05) is 35.5 Å². The van der Waals surface area contributed by atoms with Crippen LogP contribution < -0.4 is 10.6 Å². The van der Waals surface area contributed by atoms with Gasteiger partial charge in [-0.25, -0.2) is 4.79 Å². The molecule has 1 aromatic heterocycles. The molecule has 6 nitrogen and oxygen atoms in total. The van der Waals surface area contributed by atoms with Crippen LogP contribution in [0, 0.1) is 0 Å². The van der Waals surface area contributed by atoms with Gasteiger partial charge in [0.1, 0.15) is 0 Å². The number of para-hydroxylation sites is 1. The minimum atomic E-state index is -4.66. The first-order chi connectivity index (χ1) is 12.4. The van der Waals surface area contributed by atoms with Crippen LogP contribution in [-0.4, -0.2) is 16.2 Å². The molecule has 0 saturated heterocycles. The van der Waals surface area contributed by atoms with Crippen LogP contribution in [0.4, 0.5) is 29.3 Å². The standard InChI is InChI=1S/C17H13F3N4O2/c18-17(19,20)15-23-14(24-26-15)10-11-6-8-13(9-7-11)22-16(25)21-12-4-2-1-3-5-12/h1-9H,10H2,(H2,21,22,25). The third-order valence-electron chi connectivity index (χ3n) is 3.32. The van der Waals surface area contributed by atoms with Crippen molar-refractivity contribution < 1.29 is 22.5 Å². The van der Waals surface area contributed by atoms with Gasteiger partial charge >= 0.3 is 18.1 Å². The van der Waals surface area contributed by atoms with Crippen LogP contribution in [0.15, 0.2) is 59.1 Å². The highest BCUT2D eigenvalue weighted by molar-refractivity contribution is 5.99. The summed E-state index contributed by atoms with van der Waals surface area (Å²) in [4.78, 5) is 15.2. The molecule has 9 heteroatoms. The average molecular weight is 362 g/mol. The molecule has 0 fully saturated rings. The van der Waals surface area contributed by atoms with Crippen molar-refractivity contribution in [3.05, 3.63) is 71.9 Å². The summed E-state index contributed by atoms with van der Waals surface area (Å²) < 4.78 is 41.5. The first kappa shape index (κ1) is 17.5. The van der Waals surface area contributed by atoms with E-state index in [2.05, 4.69) is 25.3 Å². The Labute approximate surface area is 146 Å². The molecular formula is C17H13F3N4O2. The Bertz CT molecular complexity index is 877. The van der Waals surface area contributed by atoms with Crippen molar-refractivity contribution in [1.29, 1.82) is 0 Å². The third-order valence-corrected chi connectivity index (χ3v) is 3.32. The summed E-state index contributed by atoms with van der Waals surface area (Å²) >= 11 is 0. The molecule has 0 saturated carbocycles. The van der Waals surface area contributed by atoms with Crippen molar-refractivity contribution in [2.75, 3.05) is 10.6 Å². The van der Waals surface area contributed by atoms with E-state index in [1.54, 1.807) is 48.5 Å². The van der Waals surface area contributed by atoms with Crippen molar-refractivity contribution in [2.24, 2.45) is 0 Å². The second kappa shape index (κ2) is 7.26. The van der Waals surface area contributed by atoms with E-state index in [9.17, 15) is 18.0 Å². The number of carbonyl (C=O) groups is 1. The van der Waals surface area contributed by atoms with E-state index < -0.39 is 18.1 Å². The second-order valence-electron chi connectivity index (χ2n) is 5.33. The Kier molecular flexibility index (Phi) is 4.87. The number of carbonyl (C=O) groups excluding carboxylic acids is 1. The van der Waals surface area contributed by atoms with Gasteiger partial charge < -0.3 is 15.2 Å². The lowest BCUT2D eigenvalue weighted by molar-refractivity contribution is -0.159. The minimum absolute atomic E-state index is 0.0696. The zero-order chi connectivity index (χ0) is 18.6. The first-order valence-electron chi connectivity index (χ1n) is 7.52. The number of amides is 2. The normalized spacial score (nSPS) is 11.2. The SMILES string of the molecule is O=C(Nc1ccccc1)Nc1ccc(Cc2noc(C(F)(F)F)n2)cc1. The lowest BCUT2D eigenvalue weighted by Gasteiger charge is -2.08. The van der Waals surface area contributed by atoms with Crippen LogP contribution in [0.3, 0.4) is 0 Å². The molecule has 0 spiro atoms. The summed E-state index contributed by atoms with van der Waals surface area (Å²) in [6.07, 6.45) is -4.58. The highest BCUT2D eigenvalue weighted by Gasteiger charge is 2.38. The van der Waals surface area contributed by atoms with Gasteiger partial charge in [-0.3, -0.25) is 0 Å². The predicted molar refractivity (Wildman–Crippen MR) is 87.6 cm³/mol. The second-order valence-corrected chi connectivity index (χ2v) is 5.33. The van der Waals surface area contributed by atoms with Gasteiger partial charge in [-0.2, -0.15) is 18.2 Å². The molecule has 2 amide bonds. The molecular weight excluding hydrogens is 349 g/mol. The van der Waals surface area contributed by atoms with E-state index in [0.29, 0.717) is 16.9 Å². The Morgan fingerprint density at radius 2 is 1.58 bits per heavy atom. The van der Waals surface area contributed by atoms with Crippen LogP contribution in [-0.2, 0) is 12.6 Å². The lowest BCUT2D eigenvalue weighted by atomic mass is 10.1. The van der Waals surface area contributed by atoms with Gasteiger partial charge in [-0.05, 0) is 29.8 Å². The highest BCUT2D eigenvalue weighted by Crippen LogP contribution is 2.27. The number of hydrogen-bond donors (Lipinski definition) is 2. The third kappa shape index (κ3) is 4.59. The summed E-state index contributed by atoms with van der Waals surface area (Å²) in [6.45, 7) is 0. The summed E-state index contributed by atoms with van der Waals surface area (Å²) in [5.74, 6) is -1.44. The van der Waals surface area contributed by atoms with E-state index in [0.717, 1.165) is 0 Å². The number of alkyl halides is 3. The minimum Gasteiger partial charge on any atom is -0.329 e. The molecule has 2 aromatic carbocycles. The van der Waals surface area contributed by atoms with Gasteiger partial charge in [0.15, 0.2) is 5.82 Å². The lowest BCUT2D eigenvalue weighted by Crippen LogP contribution is -2.19. The van der Waals surface area contributed by atoms with Gasteiger partial charge in [0, 0.05) is 17.8 Å². The molecule has 0 radical (unpaired) electrons. The Morgan fingerprint density at radius 1 is 0.962 bits per heavy atom. The van der Waals surface area contributed by atoms with Gasteiger partial charge in [0.2, 0.25) is 0 Å². The zero-order valence-electron chi connectivity index (χ0n) is 13.2. The summed E-state index contributed by atoms with van der Waals surface area (Å²) in [5.41, 5.74) is 1.86. The van der Waals surface area contributed by atoms with E-state index in [4.69, 9.17) is 0 Å². The molecule has 3 aromatic rings. The number of rotatable bonds is 4. The highest BCUT2D eigenvalue weighted by atomic mass is 19.4. The number of urea groups is 1. The monoisotopic (exact) mass is 362 g/mol. The summed E-state index contributed by atoms with van der Waals surface area (Å²) in [7, 11) is 0. The molecule has 0 aliphatic heterocycles. The molecule has 0 atom stereocenters. The Hall–Kier alpha value is -3.36. The molecule has 0 aliphatic rings. The molecule has 1 heterocycles.